The molecule has 3 aromatic carbocycles. The van der Waals surface area contributed by atoms with Crippen molar-refractivity contribution in [2.75, 3.05) is 13.1 Å². The average molecular weight is 537 g/mol. The molecule has 0 bridgehead atoms. The van der Waals surface area contributed by atoms with E-state index in [-0.39, 0.29) is 29.7 Å². The van der Waals surface area contributed by atoms with Crippen molar-refractivity contribution in [3.05, 3.63) is 114 Å². The lowest BCUT2D eigenvalue weighted by Crippen LogP contribution is -2.43. The van der Waals surface area contributed by atoms with E-state index in [0.29, 0.717) is 37.9 Å². The molecule has 1 atom stereocenters. The third-order valence-corrected chi connectivity index (χ3v) is 7.06. The summed E-state index contributed by atoms with van der Waals surface area (Å²) < 4.78 is 2.19. The summed E-state index contributed by atoms with van der Waals surface area (Å²) in [4.78, 5) is 33.2. The molecule has 0 saturated heterocycles. The highest BCUT2D eigenvalue weighted by molar-refractivity contribution is 5.94. The number of unbranched alkanes of at least 4 members (excludes halogenated alkanes) is 1. The molecular formula is C34H40N4O2. The van der Waals surface area contributed by atoms with Crippen molar-refractivity contribution < 1.29 is 9.59 Å². The number of aromatic nitrogens is 2. The molecule has 208 valence electrons. The van der Waals surface area contributed by atoms with Gasteiger partial charge in [-0.1, -0.05) is 99.6 Å². The van der Waals surface area contributed by atoms with Crippen LogP contribution in [0.5, 0.6) is 0 Å². The van der Waals surface area contributed by atoms with Gasteiger partial charge in [-0.05, 0) is 36.0 Å². The van der Waals surface area contributed by atoms with E-state index in [1.165, 1.54) is 0 Å². The predicted molar refractivity (Wildman–Crippen MR) is 161 cm³/mol. The number of hydrogen-bond donors (Lipinski definition) is 1. The van der Waals surface area contributed by atoms with Gasteiger partial charge in [-0.3, -0.25) is 9.59 Å². The number of carbonyl (C=O) groups excluding carboxylic acids is 2. The molecule has 4 rings (SSSR count). The standard InChI is InChI=1S/C34H40N4O2/c1-34(2,3)31(38(22-14-13-21-29(39)23-35)33(40)28-19-11-6-12-20-28)32-36-30(27-17-9-5-10-18-27)25-37(32)24-26-15-7-4-8-16-26/h4-12,15-20,25,31H,13-14,21-24,35H2,1-3H3/t31-/m0/s1. The molecule has 1 amide bonds. The van der Waals surface area contributed by atoms with Gasteiger partial charge in [-0.25, -0.2) is 4.98 Å². The fourth-order valence-electron chi connectivity index (χ4n) is 5.10. The zero-order valence-electron chi connectivity index (χ0n) is 23.8. The minimum absolute atomic E-state index is 0.0406. The first kappa shape index (κ1) is 29.0. The zero-order valence-corrected chi connectivity index (χ0v) is 23.8. The summed E-state index contributed by atoms with van der Waals surface area (Å²) in [5.74, 6) is 0.845. The third kappa shape index (κ3) is 7.33. The van der Waals surface area contributed by atoms with E-state index in [9.17, 15) is 9.59 Å². The van der Waals surface area contributed by atoms with Crippen LogP contribution >= 0.6 is 0 Å². The number of nitrogens with zero attached hydrogens (tertiary/aromatic N) is 3. The Morgan fingerprint density at radius 3 is 2.08 bits per heavy atom. The highest BCUT2D eigenvalue weighted by atomic mass is 16.2. The maximum Gasteiger partial charge on any atom is 0.254 e. The third-order valence-electron chi connectivity index (χ3n) is 7.06. The van der Waals surface area contributed by atoms with Gasteiger partial charge < -0.3 is 15.2 Å². The molecule has 6 nitrogen and oxygen atoms in total. The smallest absolute Gasteiger partial charge is 0.254 e. The molecule has 0 saturated carbocycles. The lowest BCUT2D eigenvalue weighted by atomic mass is 9.84. The van der Waals surface area contributed by atoms with Gasteiger partial charge >= 0.3 is 0 Å². The van der Waals surface area contributed by atoms with Crippen molar-refractivity contribution in [2.24, 2.45) is 11.1 Å². The summed E-state index contributed by atoms with van der Waals surface area (Å²) in [5.41, 5.74) is 8.90. The van der Waals surface area contributed by atoms with E-state index in [1.807, 2.05) is 71.6 Å². The highest BCUT2D eigenvalue weighted by Gasteiger charge is 2.38. The van der Waals surface area contributed by atoms with E-state index in [4.69, 9.17) is 10.7 Å². The molecule has 0 aliphatic rings. The fraction of sp³-hybridized carbons (Fsp3) is 0.324. The predicted octanol–water partition coefficient (Wildman–Crippen LogP) is 6.53. The number of benzene rings is 3. The summed E-state index contributed by atoms with van der Waals surface area (Å²) in [5, 5.41) is 0. The Bertz CT molecular complexity index is 1380. The molecule has 0 aliphatic heterocycles. The van der Waals surface area contributed by atoms with E-state index in [2.05, 4.69) is 55.8 Å². The van der Waals surface area contributed by atoms with Gasteiger partial charge in [-0.2, -0.15) is 0 Å². The van der Waals surface area contributed by atoms with Crippen LogP contribution in [0.25, 0.3) is 11.3 Å². The van der Waals surface area contributed by atoms with Crippen LogP contribution in [0.15, 0.2) is 97.2 Å². The Morgan fingerprint density at radius 1 is 0.875 bits per heavy atom. The molecule has 0 fully saturated rings. The molecule has 1 heterocycles. The van der Waals surface area contributed by atoms with Crippen LogP contribution in [-0.2, 0) is 11.3 Å². The summed E-state index contributed by atoms with van der Waals surface area (Å²) in [6.07, 6.45) is 3.90. The molecular weight excluding hydrogens is 496 g/mol. The van der Waals surface area contributed by atoms with Crippen LogP contribution in [0, 0.1) is 5.41 Å². The second-order valence-corrected chi connectivity index (χ2v) is 11.3. The first-order valence-corrected chi connectivity index (χ1v) is 14.0. The fourth-order valence-corrected chi connectivity index (χ4v) is 5.10. The molecule has 0 unspecified atom stereocenters. The average Bonchev–Trinajstić information content (AvgIpc) is 3.37. The minimum atomic E-state index is -0.328. The van der Waals surface area contributed by atoms with E-state index < -0.39 is 0 Å². The quantitative estimate of drug-likeness (QED) is 0.209. The minimum Gasteiger partial charge on any atom is -0.328 e. The topological polar surface area (TPSA) is 81.2 Å². The molecule has 1 aromatic heterocycles. The molecule has 40 heavy (non-hydrogen) atoms. The van der Waals surface area contributed by atoms with E-state index in [1.54, 1.807) is 0 Å². The van der Waals surface area contributed by atoms with E-state index in [0.717, 1.165) is 22.6 Å². The Kier molecular flexibility index (Phi) is 9.67. The lowest BCUT2D eigenvalue weighted by molar-refractivity contribution is -0.117. The largest absolute Gasteiger partial charge is 0.328 e. The second kappa shape index (κ2) is 13.4. The number of hydrogen-bond acceptors (Lipinski definition) is 4. The van der Waals surface area contributed by atoms with Gasteiger partial charge in [0, 0.05) is 36.8 Å². The molecule has 6 heteroatoms. The van der Waals surface area contributed by atoms with Crippen LogP contribution in [0.1, 0.15) is 67.8 Å². The number of rotatable bonds is 12. The summed E-state index contributed by atoms with van der Waals surface area (Å²) in [7, 11) is 0. The number of ketones is 1. The van der Waals surface area contributed by atoms with Gasteiger partial charge in [0.1, 0.15) is 11.6 Å². The maximum atomic E-state index is 14.1. The Hall–Kier alpha value is -4.03. The van der Waals surface area contributed by atoms with Crippen LogP contribution in [0.2, 0.25) is 0 Å². The van der Waals surface area contributed by atoms with Crippen LogP contribution in [0.3, 0.4) is 0 Å². The summed E-state index contributed by atoms with van der Waals surface area (Å²) in [6, 6.07) is 29.6. The second-order valence-electron chi connectivity index (χ2n) is 11.3. The van der Waals surface area contributed by atoms with Gasteiger partial charge in [-0.15, -0.1) is 0 Å². The Labute approximate surface area is 237 Å². The Morgan fingerprint density at radius 2 is 1.48 bits per heavy atom. The van der Waals surface area contributed by atoms with Crippen molar-refractivity contribution in [1.82, 2.24) is 14.5 Å². The maximum absolute atomic E-state index is 14.1. The molecule has 0 radical (unpaired) electrons. The van der Waals surface area contributed by atoms with Gasteiger partial charge in [0.2, 0.25) is 0 Å². The highest BCUT2D eigenvalue weighted by Crippen LogP contribution is 2.40. The number of imidazole rings is 1. The number of nitrogens with two attached hydrogens (primary N) is 1. The number of Topliss-reactive ketones (excluding diaryl/α,β-unsaturated/α-hetero) is 1. The SMILES string of the molecule is CC(C)(C)[C@H](c1nc(-c2ccccc2)cn1Cc1ccccc1)N(CCCCC(=O)CN)C(=O)c1ccccc1. The van der Waals surface area contributed by atoms with Crippen LogP contribution in [0.4, 0.5) is 0 Å². The monoisotopic (exact) mass is 536 g/mol. The van der Waals surface area contributed by atoms with Crippen LogP contribution < -0.4 is 5.73 Å². The van der Waals surface area contributed by atoms with Crippen LogP contribution in [-0.4, -0.2) is 39.2 Å². The van der Waals surface area contributed by atoms with Crippen molar-refractivity contribution in [1.29, 1.82) is 0 Å². The van der Waals surface area contributed by atoms with Crippen molar-refractivity contribution in [3.63, 3.8) is 0 Å². The van der Waals surface area contributed by atoms with Gasteiger partial charge in [0.25, 0.3) is 5.91 Å². The molecule has 2 N–H and O–H groups in total. The zero-order chi connectivity index (χ0) is 28.5. The molecule has 4 aromatic rings. The van der Waals surface area contributed by atoms with Crippen molar-refractivity contribution in [2.45, 2.75) is 52.6 Å². The molecule has 0 aliphatic carbocycles. The van der Waals surface area contributed by atoms with E-state index >= 15 is 0 Å². The number of amides is 1. The van der Waals surface area contributed by atoms with Crippen molar-refractivity contribution in [3.8, 4) is 11.3 Å². The van der Waals surface area contributed by atoms with Gasteiger partial charge in [0.05, 0.1) is 18.3 Å². The molecule has 0 spiro atoms. The summed E-state index contributed by atoms with van der Waals surface area (Å²) >= 11 is 0. The summed E-state index contributed by atoms with van der Waals surface area (Å²) in [6.45, 7) is 7.67. The first-order chi connectivity index (χ1) is 19.3. The lowest BCUT2D eigenvalue weighted by Gasteiger charge is -2.40. The van der Waals surface area contributed by atoms with Crippen molar-refractivity contribution >= 4 is 11.7 Å². The first-order valence-electron chi connectivity index (χ1n) is 14.0. The number of carbonyl (C=O) groups is 2. The van der Waals surface area contributed by atoms with Gasteiger partial charge in [0.15, 0.2) is 0 Å². The normalized spacial score (nSPS) is 12.2. The Balaban J connectivity index is 1.80.